The first-order chi connectivity index (χ1) is 12.5. The molecule has 0 aliphatic heterocycles. The molecule has 2 heterocycles. The third-order valence-electron chi connectivity index (χ3n) is 3.85. The fourth-order valence-electron chi connectivity index (χ4n) is 2.50. The molecule has 0 atom stereocenters. The molecule has 2 aromatic heterocycles. The summed E-state index contributed by atoms with van der Waals surface area (Å²) in [5, 5.41) is 3.32. The molecule has 0 unspecified atom stereocenters. The zero-order valence-corrected chi connectivity index (χ0v) is 14.3. The number of hydrogen-bond acceptors (Lipinski definition) is 5. The van der Waals surface area contributed by atoms with Gasteiger partial charge in [0, 0.05) is 29.5 Å². The number of anilines is 1. The van der Waals surface area contributed by atoms with Gasteiger partial charge in [0.25, 0.3) is 5.91 Å². The van der Waals surface area contributed by atoms with Crippen molar-refractivity contribution in [3.63, 3.8) is 0 Å². The van der Waals surface area contributed by atoms with Gasteiger partial charge in [0.2, 0.25) is 0 Å². The molecule has 1 aromatic carbocycles. The lowest BCUT2D eigenvalue weighted by atomic mass is 10.1. The fraction of sp³-hybridized carbons (Fsp3) is 0.150. The number of aromatic nitrogens is 1. The Hall–Kier alpha value is -3.59. The summed E-state index contributed by atoms with van der Waals surface area (Å²) in [6.45, 7) is 3.77. The minimum atomic E-state index is -0.728. The normalized spacial score (nSPS) is 10.3. The number of terminal acetylenes is 1. The average molecular weight is 348 g/mol. The van der Waals surface area contributed by atoms with Gasteiger partial charge < -0.3 is 14.5 Å². The lowest BCUT2D eigenvalue weighted by Crippen LogP contribution is -2.21. The van der Waals surface area contributed by atoms with Gasteiger partial charge in [-0.3, -0.25) is 9.78 Å². The maximum absolute atomic E-state index is 12.5. The number of benzene rings is 1. The summed E-state index contributed by atoms with van der Waals surface area (Å²) in [6.07, 6.45) is 8.38. The zero-order chi connectivity index (χ0) is 18.7. The first kappa shape index (κ1) is 17.2. The summed E-state index contributed by atoms with van der Waals surface area (Å²) in [5.41, 5.74) is 1.71. The first-order valence-corrected chi connectivity index (χ1v) is 7.86. The van der Waals surface area contributed by atoms with Gasteiger partial charge in [0.1, 0.15) is 23.5 Å². The Kier molecular flexibility index (Phi) is 4.72. The molecular formula is C20H16N2O4. The van der Waals surface area contributed by atoms with Crippen molar-refractivity contribution in [2.75, 3.05) is 11.9 Å². The van der Waals surface area contributed by atoms with E-state index in [0.717, 1.165) is 11.1 Å². The van der Waals surface area contributed by atoms with Gasteiger partial charge in [0.15, 0.2) is 0 Å². The fourth-order valence-corrected chi connectivity index (χ4v) is 2.50. The van der Waals surface area contributed by atoms with E-state index >= 15 is 0 Å². The molecule has 0 aliphatic carbocycles. The maximum atomic E-state index is 12.5. The number of pyridine rings is 1. The number of hydrogen-bond donors (Lipinski definition) is 1. The largest absolute Gasteiger partial charge is 0.481 e. The van der Waals surface area contributed by atoms with Crippen LogP contribution in [0.4, 0.5) is 5.69 Å². The summed E-state index contributed by atoms with van der Waals surface area (Å²) >= 11 is 0. The van der Waals surface area contributed by atoms with Crippen molar-refractivity contribution >= 4 is 22.6 Å². The number of nitrogens with zero attached hydrogens (tertiary/aromatic N) is 1. The number of fused-ring (bicyclic) bond motifs is 1. The van der Waals surface area contributed by atoms with Gasteiger partial charge in [-0.25, -0.2) is 4.79 Å². The summed E-state index contributed by atoms with van der Waals surface area (Å²) in [4.78, 5) is 28.7. The van der Waals surface area contributed by atoms with Crippen LogP contribution in [-0.4, -0.2) is 17.5 Å². The molecule has 3 rings (SSSR count). The number of ether oxygens (including phenoxy) is 1. The van der Waals surface area contributed by atoms with Crippen LogP contribution < -0.4 is 15.7 Å². The van der Waals surface area contributed by atoms with Crippen molar-refractivity contribution in [3.8, 4) is 18.1 Å². The maximum Gasteiger partial charge on any atom is 0.349 e. The lowest BCUT2D eigenvalue weighted by molar-refractivity contribution is 0.102. The summed E-state index contributed by atoms with van der Waals surface area (Å²) in [5.74, 6) is 2.37. The van der Waals surface area contributed by atoms with Gasteiger partial charge in [-0.05, 0) is 43.2 Å². The van der Waals surface area contributed by atoms with E-state index in [4.69, 9.17) is 15.6 Å². The van der Waals surface area contributed by atoms with Crippen LogP contribution in [0.2, 0.25) is 0 Å². The Balaban J connectivity index is 1.98. The number of aryl methyl sites for hydroxylation is 2. The van der Waals surface area contributed by atoms with Crippen molar-refractivity contribution < 1.29 is 13.9 Å². The summed E-state index contributed by atoms with van der Waals surface area (Å²) < 4.78 is 10.7. The third kappa shape index (κ3) is 3.42. The molecule has 0 saturated carbocycles. The lowest BCUT2D eigenvalue weighted by Gasteiger charge is -2.09. The molecule has 1 amide bonds. The minimum absolute atomic E-state index is 0.0783. The van der Waals surface area contributed by atoms with E-state index in [1.54, 1.807) is 30.6 Å². The topological polar surface area (TPSA) is 81.4 Å². The SMILES string of the molecule is C#CCOc1cc2oc(=O)c(C(=O)Nc3ccncc3C)cc2cc1C. The van der Waals surface area contributed by atoms with E-state index in [0.29, 0.717) is 22.4 Å². The Labute approximate surface area is 149 Å². The van der Waals surface area contributed by atoms with Crippen molar-refractivity contribution in [1.82, 2.24) is 4.98 Å². The molecule has 0 saturated heterocycles. The first-order valence-electron chi connectivity index (χ1n) is 7.86. The monoisotopic (exact) mass is 348 g/mol. The Morgan fingerprint density at radius 1 is 1.31 bits per heavy atom. The molecule has 0 spiro atoms. The quantitative estimate of drug-likeness (QED) is 0.579. The summed E-state index contributed by atoms with van der Waals surface area (Å²) in [6, 6.07) is 6.54. The second-order valence-electron chi connectivity index (χ2n) is 5.74. The molecule has 130 valence electrons. The number of amides is 1. The highest BCUT2D eigenvalue weighted by Crippen LogP contribution is 2.25. The van der Waals surface area contributed by atoms with Crippen LogP contribution in [0.15, 0.2) is 45.9 Å². The Morgan fingerprint density at radius 2 is 2.12 bits per heavy atom. The van der Waals surface area contributed by atoms with E-state index in [2.05, 4.69) is 16.2 Å². The van der Waals surface area contributed by atoms with E-state index in [9.17, 15) is 9.59 Å². The van der Waals surface area contributed by atoms with E-state index in [1.807, 2.05) is 13.8 Å². The highest BCUT2D eigenvalue weighted by molar-refractivity contribution is 6.05. The molecule has 26 heavy (non-hydrogen) atoms. The van der Waals surface area contributed by atoms with Crippen molar-refractivity contribution in [2.45, 2.75) is 13.8 Å². The van der Waals surface area contributed by atoms with Crippen LogP contribution in [0.25, 0.3) is 11.0 Å². The van der Waals surface area contributed by atoms with Crippen LogP contribution >= 0.6 is 0 Å². The predicted octanol–water partition coefficient (Wildman–Crippen LogP) is 3.07. The molecule has 0 fully saturated rings. The van der Waals surface area contributed by atoms with Crippen molar-refractivity contribution in [2.24, 2.45) is 0 Å². The van der Waals surface area contributed by atoms with Crippen LogP contribution in [-0.2, 0) is 0 Å². The van der Waals surface area contributed by atoms with Gasteiger partial charge in [-0.2, -0.15) is 0 Å². The van der Waals surface area contributed by atoms with Crippen LogP contribution in [0.1, 0.15) is 21.5 Å². The second kappa shape index (κ2) is 7.11. The zero-order valence-electron chi connectivity index (χ0n) is 14.3. The van der Waals surface area contributed by atoms with E-state index in [-0.39, 0.29) is 12.2 Å². The van der Waals surface area contributed by atoms with Crippen molar-refractivity contribution in [1.29, 1.82) is 0 Å². The van der Waals surface area contributed by atoms with Crippen LogP contribution in [0, 0.1) is 26.2 Å². The molecular weight excluding hydrogens is 332 g/mol. The molecule has 3 aromatic rings. The van der Waals surface area contributed by atoms with Gasteiger partial charge in [-0.1, -0.05) is 5.92 Å². The smallest absolute Gasteiger partial charge is 0.349 e. The van der Waals surface area contributed by atoms with Crippen LogP contribution in [0.3, 0.4) is 0 Å². The molecule has 0 bridgehead atoms. The molecule has 1 N–H and O–H groups in total. The summed E-state index contributed by atoms with van der Waals surface area (Å²) in [7, 11) is 0. The Morgan fingerprint density at radius 3 is 2.85 bits per heavy atom. The highest BCUT2D eigenvalue weighted by atomic mass is 16.5. The number of carbonyl (C=O) groups is 1. The standard InChI is InChI=1S/C20H16N2O4/c1-4-7-25-17-10-18-14(8-12(17)2)9-15(20(24)26-18)19(23)22-16-5-6-21-11-13(16)3/h1,5-6,8-11H,7H2,2-3H3,(H,21,22,23). The van der Waals surface area contributed by atoms with Crippen LogP contribution in [0.5, 0.6) is 5.75 Å². The minimum Gasteiger partial charge on any atom is -0.481 e. The number of nitrogens with one attached hydrogen (secondary N) is 1. The van der Waals surface area contributed by atoms with Gasteiger partial charge in [-0.15, -0.1) is 6.42 Å². The Bertz CT molecular complexity index is 1090. The van der Waals surface area contributed by atoms with Crippen molar-refractivity contribution in [3.05, 3.63) is 63.8 Å². The van der Waals surface area contributed by atoms with E-state index < -0.39 is 11.5 Å². The molecule has 6 nitrogen and oxygen atoms in total. The van der Waals surface area contributed by atoms with Gasteiger partial charge >= 0.3 is 5.63 Å². The molecule has 0 aliphatic rings. The molecule has 6 heteroatoms. The van der Waals surface area contributed by atoms with Gasteiger partial charge in [0.05, 0.1) is 0 Å². The number of rotatable bonds is 4. The predicted molar refractivity (Wildman–Crippen MR) is 98.5 cm³/mol. The average Bonchev–Trinajstić information content (AvgIpc) is 2.61. The second-order valence-corrected chi connectivity index (χ2v) is 5.74. The third-order valence-corrected chi connectivity index (χ3v) is 3.85. The number of carbonyl (C=O) groups excluding carboxylic acids is 1. The van der Waals surface area contributed by atoms with E-state index in [1.165, 1.54) is 6.07 Å². The highest BCUT2D eigenvalue weighted by Gasteiger charge is 2.16. The molecule has 0 radical (unpaired) electrons.